The Morgan fingerprint density at radius 3 is 2.74 bits per heavy atom. The summed E-state index contributed by atoms with van der Waals surface area (Å²) in [4.78, 5) is 13.1. The second-order valence-corrected chi connectivity index (χ2v) is 4.40. The molecule has 0 spiro atoms. The molecule has 1 aromatic carbocycles. The molecule has 0 radical (unpaired) electrons. The molecule has 1 aromatic rings. The SMILES string of the molecule is O=C(Nc1cccc(C(F)(F)F)c1)N1CC[C@@H](O)C1. The quantitative estimate of drug-likeness (QED) is 0.825. The van der Waals surface area contributed by atoms with Crippen LogP contribution in [0.5, 0.6) is 0 Å². The first-order chi connectivity index (χ1) is 8.86. The van der Waals surface area contributed by atoms with Crippen molar-refractivity contribution >= 4 is 11.7 Å². The fraction of sp³-hybridized carbons (Fsp3) is 0.417. The van der Waals surface area contributed by atoms with E-state index in [1.54, 1.807) is 0 Å². The Morgan fingerprint density at radius 2 is 2.16 bits per heavy atom. The van der Waals surface area contributed by atoms with Gasteiger partial charge in [0, 0.05) is 18.8 Å². The summed E-state index contributed by atoms with van der Waals surface area (Å²) >= 11 is 0. The number of amides is 2. The van der Waals surface area contributed by atoms with Crippen molar-refractivity contribution in [2.75, 3.05) is 18.4 Å². The maximum Gasteiger partial charge on any atom is 0.416 e. The number of urea groups is 1. The largest absolute Gasteiger partial charge is 0.416 e. The van der Waals surface area contributed by atoms with E-state index >= 15 is 0 Å². The number of anilines is 1. The van der Waals surface area contributed by atoms with Crippen molar-refractivity contribution in [1.29, 1.82) is 0 Å². The number of carbonyl (C=O) groups is 1. The summed E-state index contributed by atoms with van der Waals surface area (Å²) in [6, 6.07) is 3.94. The van der Waals surface area contributed by atoms with Crippen LogP contribution in [-0.2, 0) is 6.18 Å². The number of aliphatic hydroxyl groups is 1. The standard InChI is InChI=1S/C12H13F3N2O2/c13-12(14,15)8-2-1-3-9(6-8)16-11(19)17-5-4-10(18)7-17/h1-3,6,10,18H,4-5,7H2,(H,16,19)/t10-/m1/s1. The maximum absolute atomic E-state index is 12.5. The summed E-state index contributed by atoms with van der Waals surface area (Å²) in [7, 11) is 0. The molecule has 1 fully saturated rings. The molecule has 0 unspecified atom stereocenters. The number of likely N-dealkylation sites (tertiary alicyclic amines) is 1. The highest BCUT2D eigenvalue weighted by molar-refractivity contribution is 5.89. The molecule has 1 saturated heterocycles. The van der Waals surface area contributed by atoms with Crippen LogP contribution >= 0.6 is 0 Å². The van der Waals surface area contributed by atoms with Crippen molar-refractivity contribution in [1.82, 2.24) is 4.90 Å². The van der Waals surface area contributed by atoms with Gasteiger partial charge in [0.15, 0.2) is 0 Å². The maximum atomic E-state index is 12.5. The molecule has 104 valence electrons. The molecule has 1 aliphatic rings. The summed E-state index contributed by atoms with van der Waals surface area (Å²) in [5, 5.41) is 11.7. The van der Waals surface area contributed by atoms with E-state index < -0.39 is 23.9 Å². The topological polar surface area (TPSA) is 52.6 Å². The number of aliphatic hydroxyl groups excluding tert-OH is 1. The number of nitrogens with zero attached hydrogens (tertiary/aromatic N) is 1. The number of nitrogens with one attached hydrogen (secondary N) is 1. The lowest BCUT2D eigenvalue weighted by molar-refractivity contribution is -0.137. The van der Waals surface area contributed by atoms with Crippen molar-refractivity contribution < 1.29 is 23.1 Å². The van der Waals surface area contributed by atoms with Gasteiger partial charge in [-0.25, -0.2) is 4.79 Å². The normalized spacial score (nSPS) is 19.6. The Balaban J connectivity index is 2.05. The van der Waals surface area contributed by atoms with E-state index in [0.29, 0.717) is 13.0 Å². The van der Waals surface area contributed by atoms with Crippen LogP contribution in [0.2, 0.25) is 0 Å². The molecule has 0 aromatic heterocycles. The van der Waals surface area contributed by atoms with E-state index in [9.17, 15) is 23.1 Å². The third-order valence-corrected chi connectivity index (χ3v) is 2.89. The molecule has 2 amide bonds. The fourth-order valence-corrected chi connectivity index (χ4v) is 1.90. The molecule has 0 bridgehead atoms. The highest BCUT2D eigenvalue weighted by Crippen LogP contribution is 2.30. The Bertz CT molecular complexity index is 476. The van der Waals surface area contributed by atoms with Gasteiger partial charge in [0.2, 0.25) is 0 Å². The van der Waals surface area contributed by atoms with Crippen LogP contribution in [0.3, 0.4) is 0 Å². The van der Waals surface area contributed by atoms with Gasteiger partial charge in [-0.05, 0) is 24.6 Å². The number of carbonyl (C=O) groups excluding carboxylic acids is 1. The summed E-state index contributed by atoms with van der Waals surface area (Å²) in [6.07, 6.45) is -4.52. The lowest BCUT2D eigenvalue weighted by atomic mass is 10.2. The molecule has 4 nitrogen and oxygen atoms in total. The fourth-order valence-electron chi connectivity index (χ4n) is 1.90. The minimum atomic E-state index is -4.44. The average molecular weight is 274 g/mol. The Hall–Kier alpha value is -1.76. The van der Waals surface area contributed by atoms with Crippen LogP contribution in [0, 0.1) is 0 Å². The van der Waals surface area contributed by atoms with Crippen molar-refractivity contribution in [3.8, 4) is 0 Å². The van der Waals surface area contributed by atoms with Gasteiger partial charge < -0.3 is 15.3 Å². The van der Waals surface area contributed by atoms with Gasteiger partial charge in [0.05, 0.1) is 11.7 Å². The number of β-amino-alcohol motifs (C(OH)–C–C–N with tert-alkyl or cyclic N) is 1. The van der Waals surface area contributed by atoms with E-state index in [1.165, 1.54) is 17.0 Å². The lowest BCUT2D eigenvalue weighted by Crippen LogP contribution is -2.33. The van der Waals surface area contributed by atoms with Crippen LogP contribution in [0.25, 0.3) is 0 Å². The van der Waals surface area contributed by atoms with Gasteiger partial charge in [0.1, 0.15) is 0 Å². The molecular formula is C12H13F3N2O2. The summed E-state index contributed by atoms with van der Waals surface area (Å²) in [6.45, 7) is 0.594. The van der Waals surface area contributed by atoms with Crippen LogP contribution in [0.1, 0.15) is 12.0 Å². The van der Waals surface area contributed by atoms with Gasteiger partial charge in [-0.1, -0.05) is 6.07 Å². The average Bonchev–Trinajstić information content (AvgIpc) is 2.75. The number of hydrogen-bond donors (Lipinski definition) is 2. The van der Waals surface area contributed by atoms with Crippen LogP contribution in [0.4, 0.5) is 23.7 Å². The third-order valence-electron chi connectivity index (χ3n) is 2.89. The molecule has 19 heavy (non-hydrogen) atoms. The van der Waals surface area contributed by atoms with E-state index in [-0.39, 0.29) is 12.2 Å². The smallest absolute Gasteiger partial charge is 0.391 e. The molecule has 7 heteroatoms. The zero-order valence-corrected chi connectivity index (χ0v) is 9.94. The van der Waals surface area contributed by atoms with Gasteiger partial charge in [-0.15, -0.1) is 0 Å². The first kappa shape index (κ1) is 13.7. The highest BCUT2D eigenvalue weighted by Gasteiger charge is 2.31. The van der Waals surface area contributed by atoms with E-state index in [1.807, 2.05) is 0 Å². The zero-order valence-electron chi connectivity index (χ0n) is 9.94. The van der Waals surface area contributed by atoms with Crippen molar-refractivity contribution in [3.63, 3.8) is 0 Å². The van der Waals surface area contributed by atoms with Crippen molar-refractivity contribution in [2.45, 2.75) is 18.7 Å². The predicted octanol–water partition coefficient (Wildman–Crippen LogP) is 2.30. The number of rotatable bonds is 1. The number of benzene rings is 1. The van der Waals surface area contributed by atoms with E-state index in [2.05, 4.69) is 5.32 Å². The summed E-state index contributed by atoms with van der Waals surface area (Å²) < 4.78 is 37.5. The molecule has 0 saturated carbocycles. The summed E-state index contributed by atoms with van der Waals surface area (Å²) in [5.41, 5.74) is -0.729. The Morgan fingerprint density at radius 1 is 1.42 bits per heavy atom. The van der Waals surface area contributed by atoms with Crippen LogP contribution < -0.4 is 5.32 Å². The number of alkyl halides is 3. The first-order valence-electron chi connectivity index (χ1n) is 5.77. The van der Waals surface area contributed by atoms with Gasteiger partial charge in [0.25, 0.3) is 0 Å². The van der Waals surface area contributed by atoms with Gasteiger partial charge in [-0.2, -0.15) is 13.2 Å². The zero-order chi connectivity index (χ0) is 14.0. The van der Waals surface area contributed by atoms with E-state index in [4.69, 9.17) is 0 Å². The van der Waals surface area contributed by atoms with Crippen molar-refractivity contribution in [3.05, 3.63) is 29.8 Å². The first-order valence-corrected chi connectivity index (χ1v) is 5.77. The Kier molecular flexibility index (Phi) is 3.66. The monoisotopic (exact) mass is 274 g/mol. The minimum absolute atomic E-state index is 0.0845. The molecular weight excluding hydrogens is 261 g/mol. The van der Waals surface area contributed by atoms with Crippen LogP contribution in [-0.4, -0.2) is 35.2 Å². The molecule has 1 atom stereocenters. The number of halogens is 3. The molecule has 2 rings (SSSR count). The molecule has 1 aliphatic heterocycles. The van der Waals surface area contributed by atoms with Gasteiger partial charge >= 0.3 is 12.2 Å². The lowest BCUT2D eigenvalue weighted by Gasteiger charge is -2.17. The predicted molar refractivity (Wildman–Crippen MR) is 62.7 cm³/mol. The second kappa shape index (κ2) is 5.08. The number of hydrogen-bond acceptors (Lipinski definition) is 2. The molecule has 0 aliphatic carbocycles. The second-order valence-electron chi connectivity index (χ2n) is 4.40. The van der Waals surface area contributed by atoms with Gasteiger partial charge in [-0.3, -0.25) is 0 Å². The Labute approximate surface area is 107 Å². The third kappa shape index (κ3) is 3.37. The molecule has 1 heterocycles. The van der Waals surface area contributed by atoms with Crippen molar-refractivity contribution in [2.24, 2.45) is 0 Å². The molecule has 2 N–H and O–H groups in total. The summed E-state index contributed by atoms with van der Waals surface area (Å²) in [5.74, 6) is 0. The van der Waals surface area contributed by atoms with E-state index in [0.717, 1.165) is 12.1 Å². The minimum Gasteiger partial charge on any atom is -0.391 e. The highest BCUT2D eigenvalue weighted by atomic mass is 19.4. The van der Waals surface area contributed by atoms with Crippen LogP contribution in [0.15, 0.2) is 24.3 Å².